The third kappa shape index (κ3) is 5.91. The smallest absolute Gasteiger partial charge is 0.325 e. The number of hydrogen-bond acceptors (Lipinski definition) is 4. The lowest BCUT2D eigenvalue weighted by Gasteiger charge is -2.21. The third-order valence-corrected chi connectivity index (χ3v) is 3.41. The molecule has 7 nitrogen and oxygen atoms in total. The topological polar surface area (TPSA) is 105 Å². The number of rotatable bonds is 8. The van der Waals surface area contributed by atoms with Gasteiger partial charge in [-0.2, -0.15) is 0 Å². The highest BCUT2D eigenvalue weighted by Gasteiger charge is 2.25. The summed E-state index contributed by atoms with van der Waals surface area (Å²) < 4.78 is 5.04. The predicted octanol–water partition coefficient (Wildman–Crippen LogP) is 1.43. The average molecular weight is 336 g/mol. The van der Waals surface area contributed by atoms with Crippen LogP contribution in [-0.4, -0.2) is 42.1 Å². The highest BCUT2D eigenvalue weighted by atomic mass is 16.5. The van der Waals surface area contributed by atoms with Gasteiger partial charge in [-0.1, -0.05) is 13.8 Å². The first-order chi connectivity index (χ1) is 11.2. The monoisotopic (exact) mass is 336 g/mol. The lowest BCUT2D eigenvalue weighted by molar-refractivity contribution is -0.141. The van der Waals surface area contributed by atoms with Gasteiger partial charge >= 0.3 is 5.97 Å². The molecule has 0 unspecified atom stereocenters. The summed E-state index contributed by atoms with van der Waals surface area (Å²) in [7, 11) is 1.53. The van der Waals surface area contributed by atoms with Crippen LogP contribution in [0.1, 0.15) is 37.6 Å². The van der Waals surface area contributed by atoms with Gasteiger partial charge in [0, 0.05) is 5.56 Å². The van der Waals surface area contributed by atoms with E-state index in [4.69, 9.17) is 9.84 Å². The van der Waals surface area contributed by atoms with Gasteiger partial charge in [0.15, 0.2) is 0 Å². The molecule has 1 aromatic carbocycles. The number of carbonyl (C=O) groups excluding carboxylic acids is 2. The first-order valence-electron chi connectivity index (χ1n) is 7.72. The summed E-state index contributed by atoms with van der Waals surface area (Å²) in [5.41, 5.74) is 0.392. The molecule has 0 aliphatic heterocycles. The molecule has 1 aromatic rings. The summed E-state index contributed by atoms with van der Waals surface area (Å²) >= 11 is 0. The molecule has 0 saturated heterocycles. The zero-order chi connectivity index (χ0) is 18.3. The van der Waals surface area contributed by atoms with Crippen LogP contribution < -0.4 is 15.4 Å². The van der Waals surface area contributed by atoms with Crippen LogP contribution in [0.3, 0.4) is 0 Å². The number of amides is 2. The van der Waals surface area contributed by atoms with E-state index in [-0.39, 0.29) is 5.92 Å². The second kappa shape index (κ2) is 8.90. The number of aliphatic carboxylic acids is 1. The number of carbonyl (C=O) groups is 3. The maximum absolute atomic E-state index is 12.3. The summed E-state index contributed by atoms with van der Waals surface area (Å²) in [6, 6.07) is 4.67. The Morgan fingerprint density at radius 1 is 1.08 bits per heavy atom. The van der Waals surface area contributed by atoms with E-state index in [0.717, 1.165) is 0 Å². The average Bonchev–Trinajstić information content (AvgIpc) is 2.53. The van der Waals surface area contributed by atoms with Crippen molar-refractivity contribution < 1.29 is 24.2 Å². The van der Waals surface area contributed by atoms with Crippen molar-refractivity contribution in [2.24, 2.45) is 5.92 Å². The standard InChI is InChI=1S/C17H24N2O5/c1-10(2)9-14(16(21)18-11(3)17(22)23)19-15(20)12-5-7-13(24-4)8-6-12/h5-8,10-11,14H,9H2,1-4H3,(H,18,21)(H,19,20)(H,22,23)/t11-,14-/m0/s1. The van der Waals surface area contributed by atoms with E-state index in [2.05, 4.69) is 10.6 Å². The summed E-state index contributed by atoms with van der Waals surface area (Å²) in [5, 5.41) is 13.9. The fourth-order valence-electron chi connectivity index (χ4n) is 2.06. The third-order valence-electron chi connectivity index (χ3n) is 3.41. The van der Waals surface area contributed by atoms with Gasteiger partial charge in [-0.05, 0) is 43.5 Å². The molecular weight excluding hydrogens is 312 g/mol. The molecule has 1 rings (SSSR count). The number of benzene rings is 1. The van der Waals surface area contributed by atoms with Crippen molar-refractivity contribution in [2.45, 2.75) is 39.3 Å². The lowest BCUT2D eigenvalue weighted by atomic mass is 10.0. The Hall–Kier alpha value is -2.57. The first-order valence-corrected chi connectivity index (χ1v) is 7.72. The molecule has 2 atom stereocenters. The number of methoxy groups -OCH3 is 1. The molecule has 0 radical (unpaired) electrons. The van der Waals surface area contributed by atoms with E-state index in [0.29, 0.717) is 17.7 Å². The van der Waals surface area contributed by atoms with E-state index in [9.17, 15) is 14.4 Å². The maximum atomic E-state index is 12.3. The van der Waals surface area contributed by atoms with Crippen LogP contribution in [0.5, 0.6) is 5.75 Å². The minimum atomic E-state index is -1.13. The molecular formula is C17H24N2O5. The molecule has 24 heavy (non-hydrogen) atoms. The highest BCUT2D eigenvalue weighted by Crippen LogP contribution is 2.12. The van der Waals surface area contributed by atoms with Crippen molar-refractivity contribution >= 4 is 17.8 Å². The molecule has 0 bridgehead atoms. The van der Waals surface area contributed by atoms with Gasteiger partial charge in [0.05, 0.1) is 7.11 Å². The van der Waals surface area contributed by atoms with E-state index in [1.54, 1.807) is 24.3 Å². The molecule has 0 heterocycles. The first kappa shape index (κ1) is 19.5. The van der Waals surface area contributed by atoms with Crippen LogP contribution in [0, 0.1) is 5.92 Å². The normalized spacial score (nSPS) is 13.0. The van der Waals surface area contributed by atoms with Crippen molar-refractivity contribution in [1.82, 2.24) is 10.6 Å². The van der Waals surface area contributed by atoms with Crippen LogP contribution >= 0.6 is 0 Å². The molecule has 0 aromatic heterocycles. The molecule has 0 aliphatic carbocycles. The van der Waals surface area contributed by atoms with Crippen LogP contribution in [0.25, 0.3) is 0 Å². The number of carboxylic acid groups (broad SMARTS) is 1. The predicted molar refractivity (Wildman–Crippen MR) is 88.9 cm³/mol. The Balaban J connectivity index is 2.81. The zero-order valence-electron chi connectivity index (χ0n) is 14.3. The molecule has 3 N–H and O–H groups in total. The Morgan fingerprint density at radius 2 is 1.67 bits per heavy atom. The zero-order valence-corrected chi connectivity index (χ0v) is 14.3. The second-order valence-electron chi connectivity index (χ2n) is 5.95. The summed E-state index contributed by atoms with van der Waals surface area (Å²) in [5.74, 6) is -1.27. The molecule has 7 heteroatoms. The van der Waals surface area contributed by atoms with Gasteiger partial charge in [0.25, 0.3) is 5.91 Å². The summed E-state index contributed by atoms with van der Waals surface area (Å²) in [4.78, 5) is 35.4. The number of nitrogens with one attached hydrogen (secondary N) is 2. The summed E-state index contributed by atoms with van der Waals surface area (Å²) in [6.45, 7) is 5.21. The minimum Gasteiger partial charge on any atom is -0.497 e. The SMILES string of the molecule is COc1ccc(C(=O)N[C@@H](CC(C)C)C(=O)N[C@@H](C)C(=O)O)cc1. The van der Waals surface area contributed by atoms with E-state index < -0.39 is 29.9 Å². The lowest BCUT2D eigenvalue weighted by Crippen LogP contribution is -2.51. The van der Waals surface area contributed by atoms with E-state index in [1.165, 1.54) is 14.0 Å². The van der Waals surface area contributed by atoms with Crippen LogP contribution in [-0.2, 0) is 9.59 Å². The van der Waals surface area contributed by atoms with Gasteiger partial charge in [0.2, 0.25) is 5.91 Å². The van der Waals surface area contributed by atoms with E-state index >= 15 is 0 Å². The van der Waals surface area contributed by atoms with Gasteiger partial charge in [-0.25, -0.2) is 0 Å². The van der Waals surface area contributed by atoms with Crippen LogP contribution in [0.2, 0.25) is 0 Å². The Bertz CT molecular complexity index is 583. The highest BCUT2D eigenvalue weighted by molar-refractivity contribution is 5.98. The molecule has 0 aliphatic rings. The van der Waals surface area contributed by atoms with Gasteiger partial charge in [0.1, 0.15) is 17.8 Å². The van der Waals surface area contributed by atoms with Gasteiger partial charge < -0.3 is 20.5 Å². The Labute approximate surface area is 141 Å². The quantitative estimate of drug-likeness (QED) is 0.666. The van der Waals surface area contributed by atoms with Gasteiger partial charge in [-0.15, -0.1) is 0 Å². The van der Waals surface area contributed by atoms with Gasteiger partial charge in [-0.3, -0.25) is 14.4 Å². The molecule has 0 saturated carbocycles. The number of carboxylic acids is 1. The molecule has 2 amide bonds. The van der Waals surface area contributed by atoms with Crippen molar-refractivity contribution in [1.29, 1.82) is 0 Å². The largest absolute Gasteiger partial charge is 0.497 e. The van der Waals surface area contributed by atoms with Crippen molar-refractivity contribution in [3.8, 4) is 5.75 Å². The molecule has 0 spiro atoms. The van der Waals surface area contributed by atoms with Crippen molar-refractivity contribution in [3.63, 3.8) is 0 Å². The van der Waals surface area contributed by atoms with Crippen LogP contribution in [0.4, 0.5) is 0 Å². The fourth-order valence-corrected chi connectivity index (χ4v) is 2.06. The number of ether oxygens (including phenoxy) is 1. The van der Waals surface area contributed by atoms with Crippen molar-refractivity contribution in [3.05, 3.63) is 29.8 Å². The summed E-state index contributed by atoms with van der Waals surface area (Å²) in [6.07, 6.45) is 0.403. The molecule has 132 valence electrons. The minimum absolute atomic E-state index is 0.150. The fraction of sp³-hybridized carbons (Fsp3) is 0.471. The van der Waals surface area contributed by atoms with Crippen LogP contribution in [0.15, 0.2) is 24.3 Å². The Kier molecular flexibility index (Phi) is 7.23. The number of hydrogen-bond donors (Lipinski definition) is 3. The second-order valence-corrected chi connectivity index (χ2v) is 5.95. The molecule has 0 fully saturated rings. The van der Waals surface area contributed by atoms with Crippen molar-refractivity contribution in [2.75, 3.05) is 7.11 Å². The van der Waals surface area contributed by atoms with E-state index in [1.807, 2.05) is 13.8 Å². The Morgan fingerprint density at radius 3 is 2.12 bits per heavy atom. The maximum Gasteiger partial charge on any atom is 0.325 e.